The molecule has 0 aliphatic rings. The lowest BCUT2D eigenvalue weighted by molar-refractivity contribution is -0.116. The molecule has 0 unspecified atom stereocenters. The molecule has 0 saturated heterocycles. The quantitative estimate of drug-likeness (QED) is 0.183. The molecule has 5 nitrogen and oxygen atoms in total. The van der Waals surface area contributed by atoms with Crippen LogP contribution in [0.25, 0.3) is 11.1 Å². The van der Waals surface area contributed by atoms with E-state index in [2.05, 4.69) is 57.9 Å². The van der Waals surface area contributed by atoms with Crippen molar-refractivity contribution in [3.8, 4) is 0 Å². The molecular formula is C27H36ClN3O2S3. The van der Waals surface area contributed by atoms with Crippen LogP contribution in [0.3, 0.4) is 0 Å². The van der Waals surface area contributed by atoms with Crippen molar-refractivity contribution in [2.75, 3.05) is 11.1 Å². The summed E-state index contributed by atoms with van der Waals surface area (Å²) in [5, 5.41) is 6.15. The Hall–Kier alpha value is -1.35. The Labute approximate surface area is 232 Å². The summed E-state index contributed by atoms with van der Waals surface area (Å²) in [7, 11) is 0. The summed E-state index contributed by atoms with van der Waals surface area (Å²) in [6.07, 6.45) is 1.13. The number of benzene rings is 1. The minimum atomic E-state index is -0.000231. The molecular weight excluding hydrogens is 530 g/mol. The molecule has 9 heteroatoms. The number of aromatic nitrogens is 2. The number of fused-ring (bicyclic) bond motifs is 1. The number of halogens is 1. The van der Waals surface area contributed by atoms with E-state index in [1.807, 2.05) is 19.9 Å². The van der Waals surface area contributed by atoms with Crippen LogP contribution in [0.1, 0.15) is 77.1 Å². The summed E-state index contributed by atoms with van der Waals surface area (Å²) in [6, 6.07) is 4.04. The Kier molecular flexibility index (Phi) is 10.5. The molecule has 196 valence electrons. The highest BCUT2D eigenvalue weighted by Crippen LogP contribution is 2.39. The first kappa shape index (κ1) is 29.2. The highest BCUT2D eigenvalue weighted by atomic mass is 35.5. The fourth-order valence-corrected chi connectivity index (χ4v) is 6.61. The smallest absolute Gasteiger partial charge is 0.256 e. The van der Waals surface area contributed by atoms with Gasteiger partial charge >= 0.3 is 0 Å². The van der Waals surface area contributed by atoms with Crippen molar-refractivity contribution in [1.82, 2.24) is 9.97 Å². The Morgan fingerprint density at radius 3 is 2.39 bits per heavy atom. The van der Waals surface area contributed by atoms with Gasteiger partial charge in [-0.3, -0.25) is 4.79 Å². The maximum atomic E-state index is 12.9. The van der Waals surface area contributed by atoms with Crippen molar-refractivity contribution in [3.63, 3.8) is 0 Å². The van der Waals surface area contributed by atoms with Gasteiger partial charge in [0.1, 0.15) is 10.5 Å². The van der Waals surface area contributed by atoms with Crippen LogP contribution in [0.5, 0.6) is 0 Å². The maximum Gasteiger partial charge on any atom is 0.256 e. The summed E-state index contributed by atoms with van der Waals surface area (Å²) in [5.74, 6) is 1.02. The van der Waals surface area contributed by atoms with Gasteiger partial charge in [0.25, 0.3) is 5.22 Å². The monoisotopic (exact) mass is 565 g/mol. The SMILES string of the molecule is Cc1cc(SC(C)C)c(NC(=O)CCCSc2nc3c(C)c(Cl)cc(C(C)C)c3o2)c(SC(C)C)n1. The first-order valence-electron chi connectivity index (χ1n) is 12.3. The Bertz CT molecular complexity index is 1190. The van der Waals surface area contributed by atoms with E-state index in [-0.39, 0.29) is 11.8 Å². The minimum Gasteiger partial charge on any atom is -0.431 e. The molecule has 0 radical (unpaired) electrons. The third-order valence-corrected chi connectivity index (χ3v) is 8.66. The van der Waals surface area contributed by atoms with Crippen molar-refractivity contribution in [2.45, 2.75) is 99.8 Å². The van der Waals surface area contributed by atoms with Gasteiger partial charge in [-0.05, 0) is 43.9 Å². The van der Waals surface area contributed by atoms with Gasteiger partial charge in [-0.2, -0.15) is 0 Å². The predicted octanol–water partition coefficient (Wildman–Crippen LogP) is 9.13. The number of carbonyl (C=O) groups is 1. The summed E-state index contributed by atoms with van der Waals surface area (Å²) >= 11 is 11.4. The number of aryl methyl sites for hydroxylation is 2. The largest absolute Gasteiger partial charge is 0.431 e. The highest BCUT2D eigenvalue weighted by molar-refractivity contribution is 8.01. The zero-order valence-electron chi connectivity index (χ0n) is 22.3. The molecule has 36 heavy (non-hydrogen) atoms. The lowest BCUT2D eigenvalue weighted by Gasteiger charge is -2.18. The van der Waals surface area contributed by atoms with Gasteiger partial charge in [0.15, 0.2) is 5.58 Å². The van der Waals surface area contributed by atoms with Crippen LogP contribution in [0, 0.1) is 13.8 Å². The highest BCUT2D eigenvalue weighted by Gasteiger charge is 2.19. The third kappa shape index (κ3) is 7.59. The van der Waals surface area contributed by atoms with Crippen LogP contribution in [0.2, 0.25) is 5.02 Å². The summed E-state index contributed by atoms with van der Waals surface area (Å²) in [4.78, 5) is 23.4. The van der Waals surface area contributed by atoms with E-state index in [1.54, 1.807) is 23.5 Å². The molecule has 0 atom stereocenters. The Balaban J connectivity index is 1.66. The molecule has 1 N–H and O–H groups in total. The molecule has 1 aromatic carbocycles. The Morgan fingerprint density at radius 1 is 1.06 bits per heavy atom. The standard InChI is InChI=1S/C27H36ClN3O2S3/c1-14(2)19-13-20(28)18(8)23-25(19)33-27(31-23)34-11-9-10-22(32)30-24-21(35-15(3)4)12-17(7)29-26(24)36-16(5)6/h12-16H,9-11H2,1-8H3,(H,30,32). The average molecular weight is 566 g/mol. The van der Waals surface area contributed by atoms with E-state index in [1.165, 1.54) is 11.8 Å². The number of hydrogen-bond acceptors (Lipinski definition) is 7. The number of anilines is 1. The molecule has 2 aromatic heterocycles. The van der Waals surface area contributed by atoms with Crippen molar-refractivity contribution < 1.29 is 9.21 Å². The summed E-state index contributed by atoms with van der Waals surface area (Å²) in [5.41, 5.74) is 5.43. The van der Waals surface area contributed by atoms with Gasteiger partial charge in [0, 0.05) is 43.8 Å². The number of thioether (sulfide) groups is 3. The average Bonchev–Trinajstić information content (AvgIpc) is 3.19. The predicted molar refractivity (Wildman–Crippen MR) is 157 cm³/mol. The van der Waals surface area contributed by atoms with E-state index >= 15 is 0 Å². The van der Waals surface area contributed by atoms with Gasteiger partial charge in [-0.1, -0.05) is 64.9 Å². The van der Waals surface area contributed by atoms with Crippen molar-refractivity contribution in [2.24, 2.45) is 0 Å². The van der Waals surface area contributed by atoms with Crippen molar-refractivity contribution in [1.29, 1.82) is 0 Å². The fraction of sp³-hybridized carbons (Fsp3) is 0.519. The number of amides is 1. The summed E-state index contributed by atoms with van der Waals surface area (Å²) in [6.45, 7) is 16.8. The molecule has 0 fully saturated rings. The molecule has 0 saturated carbocycles. The second kappa shape index (κ2) is 12.9. The molecule has 3 rings (SSSR count). The minimum absolute atomic E-state index is 0.000231. The maximum absolute atomic E-state index is 12.9. The molecule has 2 heterocycles. The van der Waals surface area contributed by atoms with Crippen molar-refractivity contribution in [3.05, 3.63) is 34.0 Å². The van der Waals surface area contributed by atoms with E-state index in [9.17, 15) is 4.79 Å². The van der Waals surface area contributed by atoms with Gasteiger partial charge < -0.3 is 9.73 Å². The summed E-state index contributed by atoms with van der Waals surface area (Å²) < 4.78 is 6.09. The number of nitrogens with one attached hydrogen (secondary N) is 1. The van der Waals surface area contributed by atoms with Gasteiger partial charge in [0.05, 0.1) is 5.69 Å². The lowest BCUT2D eigenvalue weighted by Crippen LogP contribution is -2.14. The normalized spacial score (nSPS) is 11.9. The number of carbonyl (C=O) groups excluding carboxylic acids is 1. The third-order valence-electron chi connectivity index (χ3n) is 5.31. The topological polar surface area (TPSA) is 68.0 Å². The second-order valence-electron chi connectivity index (χ2n) is 9.66. The number of oxazole rings is 1. The van der Waals surface area contributed by atoms with Crippen LogP contribution >= 0.6 is 46.9 Å². The van der Waals surface area contributed by atoms with Gasteiger partial charge in [-0.15, -0.1) is 23.5 Å². The molecule has 3 aromatic rings. The zero-order valence-corrected chi connectivity index (χ0v) is 25.5. The first-order valence-corrected chi connectivity index (χ1v) is 15.5. The van der Waals surface area contributed by atoms with E-state index in [4.69, 9.17) is 21.0 Å². The van der Waals surface area contributed by atoms with E-state index in [0.717, 1.165) is 49.3 Å². The number of hydrogen-bond donors (Lipinski definition) is 1. The number of rotatable bonds is 11. The van der Waals surface area contributed by atoms with Crippen LogP contribution in [0.15, 0.2) is 31.7 Å². The van der Waals surface area contributed by atoms with E-state index < -0.39 is 0 Å². The van der Waals surface area contributed by atoms with Crippen LogP contribution in [-0.2, 0) is 4.79 Å². The molecule has 0 aliphatic carbocycles. The van der Waals surface area contributed by atoms with Crippen LogP contribution in [0.4, 0.5) is 5.69 Å². The van der Waals surface area contributed by atoms with Crippen LogP contribution < -0.4 is 5.32 Å². The lowest BCUT2D eigenvalue weighted by atomic mass is 10.0. The number of nitrogens with zero attached hydrogens (tertiary/aromatic N) is 2. The molecule has 0 spiro atoms. The fourth-order valence-electron chi connectivity index (χ4n) is 3.64. The number of pyridine rings is 1. The molecule has 0 bridgehead atoms. The second-order valence-corrected chi connectivity index (χ2v) is 14.3. The first-order chi connectivity index (χ1) is 17.0. The van der Waals surface area contributed by atoms with Gasteiger partial charge in [0.2, 0.25) is 5.91 Å². The zero-order chi connectivity index (χ0) is 26.6. The van der Waals surface area contributed by atoms with Gasteiger partial charge in [-0.25, -0.2) is 9.97 Å². The molecule has 0 aliphatic heterocycles. The molecule has 1 amide bonds. The van der Waals surface area contributed by atoms with Crippen molar-refractivity contribution >= 4 is 69.6 Å². The van der Waals surface area contributed by atoms with E-state index in [0.29, 0.717) is 33.6 Å². The van der Waals surface area contributed by atoms with Crippen LogP contribution in [-0.4, -0.2) is 32.1 Å². The Morgan fingerprint density at radius 2 is 1.75 bits per heavy atom.